The van der Waals surface area contributed by atoms with Gasteiger partial charge in [-0.1, -0.05) is 17.7 Å². The fraction of sp³-hybridized carbons (Fsp3) is 0.125. The number of fused-ring (bicyclic) bond motifs is 1. The van der Waals surface area contributed by atoms with Crippen LogP contribution in [0.2, 0.25) is 5.02 Å². The number of hydrogen-bond acceptors (Lipinski definition) is 4. The summed E-state index contributed by atoms with van der Waals surface area (Å²) in [5.41, 5.74) is 7.48. The van der Waals surface area contributed by atoms with Crippen molar-refractivity contribution in [1.82, 2.24) is 16.2 Å². The molecule has 25 heavy (non-hydrogen) atoms. The fourth-order valence-electron chi connectivity index (χ4n) is 2.09. The second-order valence-electron chi connectivity index (χ2n) is 5.08. The van der Waals surface area contributed by atoms with E-state index < -0.39 is 0 Å². The Morgan fingerprint density at radius 2 is 1.68 bits per heavy atom. The molecule has 0 bridgehead atoms. The minimum atomic E-state index is 0.258. The Morgan fingerprint density at radius 1 is 0.960 bits per heavy atom. The van der Waals surface area contributed by atoms with Crippen LogP contribution in [0.15, 0.2) is 42.5 Å². The van der Waals surface area contributed by atoms with Gasteiger partial charge in [0.2, 0.25) is 6.79 Å². The molecule has 1 aliphatic heterocycles. The third-order valence-electron chi connectivity index (χ3n) is 3.28. The van der Waals surface area contributed by atoms with Crippen molar-refractivity contribution in [3.8, 4) is 11.5 Å². The lowest BCUT2D eigenvalue weighted by molar-refractivity contribution is 0.174. The van der Waals surface area contributed by atoms with Gasteiger partial charge in [-0.15, -0.1) is 0 Å². The number of thiocarbonyl (C=S) groups is 2. The molecular formula is C16H15ClN4O2S2. The molecule has 0 spiro atoms. The molecule has 1 heterocycles. The van der Waals surface area contributed by atoms with Gasteiger partial charge < -0.3 is 20.1 Å². The SMILES string of the molecule is S=C(NCc1ccc2c(c1)OCO2)NNC(=S)Nc1ccc(Cl)cc1. The van der Waals surface area contributed by atoms with E-state index in [2.05, 4.69) is 21.5 Å². The summed E-state index contributed by atoms with van der Waals surface area (Å²) in [4.78, 5) is 0. The van der Waals surface area contributed by atoms with Crippen molar-refractivity contribution in [2.24, 2.45) is 0 Å². The molecule has 0 unspecified atom stereocenters. The fourth-order valence-corrected chi connectivity index (χ4v) is 2.50. The highest BCUT2D eigenvalue weighted by molar-refractivity contribution is 7.80. The highest BCUT2D eigenvalue weighted by Crippen LogP contribution is 2.32. The van der Waals surface area contributed by atoms with Gasteiger partial charge >= 0.3 is 0 Å². The van der Waals surface area contributed by atoms with Gasteiger partial charge in [0.05, 0.1) is 0 Å². The minimum absolute atomic E-state index is 0.258. The molecule has 130 valence electrons. The Labute approximate surface area is 160 Å². The Morgan fingerprint density at radius 3 is 2.48 bits per heavy atom. The van der Waals surface area contributed by atoms with Gasteiger partial charge in [-0.25, -0.2) is 0 Å². The zero-order valence-corrected chi connectivity index (χ0v) is 15.4. The number of benzene rings is 2. The van der Waals surface area contributed by atoms with Crippen molar-refractivity contribution in [3.05, 3.63) is 53.1 Å². The second-order valence-corrected chi connectivity index (χ2v) is 6.33. The van der Waals surface area contributed by atoms with Crippen molar-refractivity contribution in [1.29, 1.82) is 0 Å². The number of halogens is 1. The minimum Gasteiger partial charge on any atom is -0.454 e. The van der Waals surface area contributed by atoms with Gasteiger partial charge in [-0.05, 0) is 66.4 Å². The molecule has 2 aromatic rings. The van der Waals surface area contributed by atoms with Gasteiger partial charge in [0.1, 0.15) is 0 Å². The molecule has 0 aliphatic carbocycles. The number of hydrogen-bond donors (Lipinski definition) is 4. The van der Waals surface area contributed by atoms with E-state index in [1.807, 2.05) is 30.3 Å². The Hall–Kier alpha value is -2.29. The smallest absolute Gasteiger partial charge is 0.231 e. The van der Waals surface area contributed by atoms with Crippen LogP contribution in [0.4, 0.5) is 5.69 Å². The zero-order valence-electron chi connectivity index (χ0n) is 13.0. The van der Waals surface area contributed by atoms with Crippen LogP contribution in [-0.2, 0) is 6.54 Å². The van der Waals surface area contributed by atoms with E-state index in [1.165, 1.54) is 0 Å². The third kappa shape index (κ3) is 5.09. The van der Waals surface area contributed by atoms with E-state index in [0.29, 0.717) is 21.8 Å². The summed E-state index contributed by atoms with van der Waals surface area (Å²) in [6.07, 6.45) is 0. The standard InChI is InChI=1S/C16H15ClN4O2S2/c17-11-2-4-12(5-3-11)19-16(25)21-20-15(24)18-8-10-1-6-13-14(7-10)23-9-22-13/h1-7H,8-9H2,(H2,18,20,24)(H2,19,21,25). The van der Waals surface area contributed by atoms with E-state index in [0.717, 1.165) is 22.7 Å². The van der Waals surface area contributed by atoms with Crippen LogP contribution in [-0.4, -0.2) is 17.0 Å². The quantitative estimate of drug-likeness (QED) is 0.468. The number of anilines is 1. The van der Waals surface area contributed by atoms with E-state index >= 15 is 0 Å². The lowest BCUT2D eigenvalue weighted by Crippen LogP contribution is -2.47. The predicted molar refractivity (Wildman–Crippen MR) is 106 cm³/mol. The van der Waals surface area contributed by atoms with Crippen LogP contribution in [0.3, 0.4) is 0 Å². The molecule has 0 radical (unpaired) electrons. The molecule has 0 saturated carbocycles. The molecule has 4 N–H and O–H groups in total. The molecular weight excluding hydrogens is 380 g/mol. The molecule has 0 atom stereocenters. The summed E-state index contributed by atoms with van der Waals surface area (Å²) < 4.78 is 10.6. The Balaban J connectivity index is 1.40. The van der Waals surface area contributed by atoms with Crippen LogP contribution < -0.4 is 31.0 Å². The van der Waals surface area contributed by atoms with Crippen molar-refractivity contribution >= 4 is 51.9 Å². The molecule has 9 heteroatoms. The van der Waals surface area contributed by atoms with Crippen molar-refractivity contribution in [3.63, 3.8) is 0 Å². The summed E-state index contributed by atoms with van der Waals surface area (Å²) in [5, 5.41) is 7.54. The summed E-state index contributed by atoms with van der Waals surface area (Å²) in [7, 11) is 0. The second kappa shape index (κ2) is 8.19. The van der Waals surface area contributed by atoms with E-state index in [1.54, 1.807) is 12.1 Å². The lowest BCUT2D eigenvalue weighted by atomic mass is 10.2. The van der Waals surface area contributed by atoms with Crippen LogP contribution in [0, 0.1) is 0 Å². The van der Waals surface area contributed by atoms with Gasteiger partial charge in [0, 0.05) is 17.3 Å². The van der Waals surface area contributed by atoms with E-state index in [4.69, 9.17) is 45.5 Å². The maximum Gasteiger partial charge on any atom is 0.231 e. The first-order chi connectivity index (χ1) is 12.1. The van der Waals surface area contributed by atoms with Crippen molar-refractivity contribution < 1.29 is 9.47 Å². The summed E-state index contributed by atoms with van der Waals surface area (Å²) >= 11 is 16.2. The number of nitrogens with one attached hydrogen (secondary N) is 4. The molecule has 0 saturated heterocycles. The largest absolute Gasteiger partial charge is 0.454 e. The maximum absolute atomic E-state index is 5.84. The molecule has 0 fully saturated rings. The summed E-state index contributed by atoms with van der Waals surface area (Å²) in [6, 6.07) is 12.9. The van der Waals surface area contributed by atoms with Crippen LogP contribution >= 0.6 is 36.0 Å². The number of ether oxygens (including phenoxy) is 2. The first kappa shape index (κ1) is 17.5. The van der Waals surface area contributed by atoms with E-state index in [-0.39, 0.29) is 6.79 Å². The topological polar surface area (TPSA) is 66.6 Å². The first-order valence-electron chi connectivity index (χ1n) is 7.35. The van der Waals surface area contributed by atoms with E-state index in [9.17, 15) is 0 Å². The summed E-state index contributed by atoms with van der Waals surface area (Å²) in [5.74, 6) is 1.49. The van der Waals surface area contributed by atoms with Crippen LogP contribution in [0.5, 0.6) is 11.5 Å². The molecule has 0 amide bonds. The molecule has 6 nitrogen and oxygen atoms in total. The summed E-state index contributed by atoms with van der Waals surface area (Å²) in [6.45, 7) is 0.801. The highest BCUT2D eigenvalue weighted by Gasteiger charge is 2.13. The monoisotopic (exact) mass is 394 g/mol. The lowest BCUT2D eigenvalue weighted by Gasteiger charge is -2.14. The Bertz CT molecular complexity index is 786. The van der Waals surface area contributed by atoms with Crippen molar-refractivity contribution in [2.75, 3.05) is 12.1 Å². The molecule has 3 rings (SSSR count). The number of hydrazine groups is 1. The molecule has 0 aromatic heterocycles. The predicted octanol–water partition coefficient (Wildman–Crippen LogP) is 2.93. The van der Waals surface area contributed by atoms with Crippen LogP contribution in [0.25, 0.3) is 0 Å². The zero-order chi connectivity index (χ0) is 17.6. The average molecular weight is 395 g/mol. The van der Waals surface area contributed by atoms with Gasteiger partial charge in [0.15, 0.2) is 21.7 Å². The average Bonchev–Trinajstić information content (AvgIpc) is 3.08. The van der Waals surface area contributed by atoms with Gasteiger partial charge in [-0.3, -0.25) is 10.9 Å². The normalized spacial score (nSPS) is 11.6. The van der Waals surface area contributed by atoms with Crippen LogP contribution in [0.1, 0.15) is 5.56 Å². The molecule has 2 aromatic carbocycles. The first-order valence-corrected chi connectivity index (χ1v) is 8.54. The highest BCUT2D eigenvalue weighted by atomic mass is 35.5. The van der Waals surface area contributed by atoms with Crippen molar-refractivity contribution in [2.45, 2.75) is 6.54 Å². The van der Waals surface area contributed by atoms with Gasteiger partial charge in [0.25, 0.3) is 0 Å². The number of rotatable bonds is 3. The molecule has 1 aliphatic rings. The van der Waals surface area contributed by atoms with Gasteiger partial charge in [-0.2, -0.15) is 0 Å². The maximum atomic E-state index is 5.84. The Kier molecular flexibility index (Phi) is 5.75. The third-order valence-corrected chi connectivity index (χ3v) is 3.98.